The van der Waals surface area contributed by atoms with Gasteiger partial charge in [0.1, 0.15) is 10.8 Å². The highest BCUT2D eigenvalue weighted by Crippen LogP contribution is 2.40. The topological polar surface area (TPSA) is 65.1 Å². The van der Waals surface area contributed by atoms with Crippen molar-refractivity contribution in [1.29, 1.82) is 0 Å². The van der Waals surface area contributed by atoms with Crippen LogP contribution in [0.5, 0.6) is 17.2 Å². The van der Waals surface area contributed by atoms with Crippen molar-refractivity contribution in [1.82, 2.24) is 0 Å². The second kappa shape index (κ2) is 7.94. The fourth-order valence-corrected chi connectivity index (χ4v) is 3.23. The third-order valence-electron chi connectivity index (χ3n) is 4.17. The molecule has 2 amide bonds. The number of methoxy groups -OCH3 is 2. The Morgan fingerprint density at radius 2 is 1.57 bits per heavy atom. The van der Waals surface area contributed by atoms with Gasteiger partial charge in [0, 0.05) is 0 Å². The smallest absolute Gasteiger partial charge is 0.277 e. The lowest BCUT2D eigenvalue weighted by atomic mass is 10.1. The number of halogens is 1. The van der Waals surface area contributed by atoms with Crippen LogP contribution in [0.2, 0.25) is 0 Å². The second-order valence-electron chi connectivity index (χ2n) is 6.34. The minimum Gasteiger partial charge on any atom is -0.493 e. The van der Waals surface area contributed by atoms with Crippen molar-refractivity contribution in [3.8, 4) is 17.2 Å². The normalized spacial score (nSPS) is 14.1. The predicted octanol–water partition coefficient (Wildman–Crippen LogP) is 4.01. The van der Waals surface area contributed by atoms with Crippen LogP contribution in [0.1, 0.15) is 19.4 Å². The van der Waals surface area contributed by atoms with E-state index >= 15 is 0 Å². The Labute approximate surface area is 168 Å². The number of nitrogens with zero attached hydrogens (tertiary/aromatic N) is 1. The Bertz CT molecular complexity index is 967. The molecule has 28 heavy (non-hydrogen) atoms. The van der Waals surface area contributed by atoms with Gasteiger partial charge < -0.3 is 14.2 Å². The van der Waals surface area contributed by atoms with Gasteiger partial charge in [-0.2, -0.15) is 0 Å². The van der Waals surface area contributed by atoms with Crippen molar-refractivity contribution < 1.29 is 23.8 Å². The molecule has 0 saturated heterocycles. The fourth-order valence-electron chi connectivity index (χ4n) is 2.96. The van der Waals surface area contributed by atoms with Gasteiger partial charge in [0.05, 0.1) is 31.6 Å². The van der Waals surface area contributed by atoms with Crippen LogP contribution >= 0.6 is 11.6 Å². The largest absolute Gasteiger partial charge is 0.493 e. The van der Waals surface area contributed by atoms with E-state index in [-0.39, 0.29) is 16.7 Å². The Balaban J connectivity index is 2.05. The first-order valence-electron chi connectivity index (χ1n) is 8.65. The van der Waals surface area contributed by atoms with Gasteiger partial charge in [-0.3, -0.25) is 9.59 Å². The van der Waals surface area contributed by atoms with Crippen molar-refractivity contribution >= 4 is 34.7 Å². The molecular weight excluding hydrogens is 382 g/mol. The SMILES string of the molecule is COc1ccc(C2=C(Cl)C(=O)N(c3ccccc3OC(C)C)C2=O)cc1OC. The Kier molecular flexibility index (Phi) is 5.61. The molecule has 0 saturated carbocycles. The first-order chi connectivity index (χ1) is 13.4. The van der Waals surface area contributed by atoms with E-state index < -0.39 is 11.8 Å². The van der Waals surface area contributed by atoms with E-state index in [9.17, 15) is 9.59 Å². The average Bonchev–Trinajstić information content (AvgIpc) is 2.90. The van der Waals surface area contributed by atoms with Crippen molar-refractivity contribution in [3.05, 3.63) is 53.1 Å². The molecule has 0 bridgehead atoms. The molecule has 0 spiro atoms. The number of rotatable bonds is 6. The van der Waals surface area contributed by atoms with Gasteiger partial charge in [0.15, 0.2) is 11.5 Å². The Morgan fingerprint density at radius 3 is 2.21 bits per heavy atom. The molecule has 0 N–H and O–H groups in total. The van der Waals surface area contributed by atoms with E-state index in [2.05, 4.69) is 0 Å². The van der Waals surface area contributed by atoms with Gasteiger partial charge in [-0.15, -0.1) is 0 Å². The monoisotopic (exact) mass is 401 g/mol. The number of benzene rings is 2. The number of imide groups is 1. The summed E-state index contributed by atoms with van der Waals surface area (Å²) >= 11 is 6.28. The molecule has 146 valence electrons. The molecule has 3 rings (SSSR count). The first-order valence-corrected chi connectivity index (χ1v) is 9.03. The zero-order valence-corrected chi connectivity index (χ0v) is 16.7. The molecule has 1 aliphatic heterocycles. The number of hydrogen-bond donors (Lipinski definition) is 0. The molecule has 7 heteroatoms. The van der Waals surface area contributed by atoms with Crippen LogP contribution in [0.3, 0.4) is 0 Å². The fraction of sp³-hybridized carbons (Fsp3) is 0.238. The van der Waals surface area contributed by atoms with Crippen LogP contribution in [0.25, 0.3) is 5.57 Å². The highest BCUT2D eigenvalue weighted by atomic mass is 35.5. The van der Waals surface area contributed by atoms with E-state index in [4.69, 9.17) is 25.8 Å². The number of ether oxygens (including phenoxy) is 3. The van der Waals surface area contributed by atoms with Crippen LogP contribution in [0.4, 0.5) is 5.69 Å². The van der Waals surface area contributed by atoms with Gasteiger partial charge in [0.25, 0.3) is 11.8 Å². The van der Waals surface area contributed by atoms with Gasteiger partial charge in [-0.1, -0.05) is 29.8 Å². The van der Waals surface area contributed by atoms with E-state index in [1.54, 1.807) is 42.5 Å². The summed E-state index contributed by atoms with van der Waals surface area (Å²) in [5.41, 5.74) is 0.914. The van der Waals surface area contributed by atoms with Crippen molar-refractivity contribution in [2.45, 2.75) is 20.0 Å². The van der Waals surface area contributed by atoms with Crippen LogP contribution < -0.4 is 19.1 Å². The molecule has 6 nitrogen and oxygen atoms in total. The van der Waals surface area contributed by atoms with Gasteiger partial charge in [-0.05, 0) is 43.7 Å². The lowest BCUT2D eigenvalue weighted by molar-refractivity contribution is -0.119. The number of para-hydroxylation sites is 2. The van der Waals surface area contributed by atoms with Gasteiger partial charge >= 0.3 is 0 Å². The molecule has 0 fully saturated rings. The van der Waals surface area contributed by atoms with Crippen LogP contribution in [0.15, 0.2) is 47.5 Å². The summed E-state index contributed by atoms with van der Waals surface area (Å²) in [4.78, 5) is 27.0. The minimum atomic E-state index is -0.601. The summed E-state index contributed by atoms with van der Waals surface area (Å²) in [5, 5.41) is -0.156. The maximum Gasteiger partial charge on any atom is 0.277 e. The molecule has 2 aromatic rings. The molecule has 1 heterocycles. The van der Waals surface area contributed by atoms with Crippen LogP contribution in [0, 0.1) is 0 Å². The molecule has 0 aromatic heterocycles. The Morgan fingerprint density at radius 1 is 0.893 bits per heavy atom. The summed E-state index contributed by atoms with van der Waals surface area (Å²) < 4.78 is 16.3. The van der Waals surface area contributed by atoms with E-state index in [0.717, 1.165) is 4.90 Å². The minimum absolute atomic E-state index is 0.104. The summed E-state index contributed by atoms with van der Waals surface area (Å²) in [6.45, 7) is 3.73. The summed E-state index contributed by atoms with van der Waals surface area (Å²) in [6, 6.07) is 11.8. The first kappa shape index (κ1) is 19.8. The molecule has 1 aliphatic rings. The predicted molar refractivity (Wildman–Crippen MR) is 107 cm³/mol. The highest BCUT2D eigenvalue weighted by Gasteiger charge is 2.40. The van der Waals surface area contributed by atoms with E-state index in [1.807, 2.05) is 13.8 Å². The number of amides is 2. The molecule has 0 aliphatic carbocycles. The zero-order valence-electron chi connectivity index (χ0n) is 16.0. The number of carbonyl (C=O) groups is 2. The number of hydrogen-bond acceptors (Lipinski definition) is 5. The summed E-state index contributed by atoms with van der Waals surface area (Å²) in [5.74, 6) is 0.238. The lowest BCUT2D eigenvalue weighted by Crippen LogP contribution is -2.31. The lowest BCUT2D eigenvalue weighted by Gasteiger charge is -2.20. The average molecular weight is 402 g/mol. The zero-order chi connectivity index (χ0) is 20.4. The summed E-state index contributed by atoms with van der Waals surface area (Å²) in [6.07, 6.45) is -0.122. The van der Waals surface area contributed by atoms with E-state index in [0.29, 0.717) is 28.5 Å². The molecular formula is C21H20ClNO5. The highest BCUT2D eigenvalue weighted by molar-refractivity contribution is 6.60. The van der Waals surface area contributed by atoms with Gasteiger partial charge in [0.2, 0.25) is 0 Å². The molecule has 0 unspecified atom stereocenters. The third-order valence-corrected chi connectivity index (χ3v) is 4.52. The Hall–Kier alpha value is -2.99. The second-order valence-corrected chi connectivity index (χ2v) is 6.72. The van der Waals surface area contributed by atoms with E-state index in [1.165, 1.54) is 14.2 Å². The molecule has 0 radical (unpaired) electrons. The summed E-state index contributed by atoms with van der Waals surface area (Å²) in [7, 11) is 3.01. The third kappa shape index (κ3) is 3.43. The number of anilines is 1. The van der Waals surface area contributed by atoms with Crippen molar-refractivity contribution in [2.24, 2.45) is 0 Å². The van der Waals surface area contributed by atoms with Crippen LogP contribution in [-0.2, 0) is 9.59 Å². The maximum absolute atomic E-state index is 13.2. The molecule has 2 aromatic carbocycles. The van der Waals surface area contributed by atoms with Crippen LogP contribution in [-0.4, -0.2) is 32.1 Å². The molecule has 0 atom stereocenters. The van der Waals surface area contributed by atoms with Gasteiger partial charge in [-0.25, -0.2) is 4.90 Å². The van der Waals surface area contributed by atoms with Crippen molar-refractivity contribution in [3.63, 3.8) is 0 Å². The quantitative estimate of drug-likeness (QED) is 0.684. The standard InChI is InChI=1S/C21H20ClNO5/c1-12(2)28-15-8-6-5-7-14(15)23-20(24)18(19(22)21(23)25)13-9-10-16(26-3)17(11-13)27-4/h5-12H,1-4H3. The number of carbonyl (C=O) groups excluding carboxylic acids is 2. The maximum atomic E-state index is 13.2. The van der Waals surface area contributed by atoms with Crippen molar-refractivity contribution in [2.75, 3.05) is 19.1 Å².